The van der Waals surface area contributed by atoms with Gasteiger partial charge in [0.2, 0.25) is 0 Å². The van der Waals surface area contributed by atoms with E-state index in [-0.39, 0.29) is 0 Å². The largest absolute Gasteiger partial charge is 0.496 e. The molecule has 3 nitrogen and oxygen atoms in total. The van der Waals surface area contributed by atoms with Gasteiger partial charge in [0.15, 0.2) is 0 Å². The SMILES string of the molecule is CNC(C)c1ccc(OC)c(COCC(C)C)c1. The van der Waals surface area contributed by atoms with Crippen molar-refractivity contribution in [1.82, 2.24) is 5.32 Å². The van der Waals surface area contributed by atoms with Crippen molar-refractivity contribution in [3.8, 4) is 5.75 Å². The quantitative estimate of drug-likeness (QED) is 0.807. The molecular formula is C15H25NO2. The van der Waals surface area contributed by atoms with Gasteiger partial charge < -0.3 is 14.8 Å². The molecule has 1 unspecified atom stereocenters. The van der Waals surface area contributed by atoms with Crippen molar-refractivity contribution < 1.29 is 9.47 Å². The second-order valence-corrected chi connectivity index (χ2v) is 4.99. The second-order valence-electron chi connectivity index (χ2n) is 4.99. The molecule has 1 rings (SSSR count). The number of rotatable bonds is 7. The van der Waals surface area contributed by atoms with Crippen LogP contribution in [0.2, 0.25) is 0 Å². The predicted octanol–water partition coefficient (Wildman–Crippen LogP) is 3.15. The molecule has 0 aliphatic heterocycles. The molecule has 1 N–H and O–H groups in total. The molecule has 0 aliphatic carbocycles. The van der Waals surface area contributed by atoms with Crippen LogP contribution in [0.5, 0.6) is 5.75 Å². The van der Waals surface area contributed by atoms with Crippen molar-refractivity contribution in [3.05, 3.63) is 29.3 Å². The molecule has 0 aliphatic rings. The zero-order valence-corrected chi connectivity index (χ0v) is 12.1. The molecule has 0 spiro atoms. The third-order valence-corrected chi connectivity index (χ3v) is 2.95. The van der Waals surface area contributed by atoms with Gasteiger partial charge in [-0.3, -0.25) is 0 Å². The summed E-state index contributed by atoms with van der Waals surface area (Å²) in [6, 6.07) is 6.59. The van der Waals surface area contributed by atoms with E-state index in [2.05, 4.69) is 38.2 Å². The van der Waals surface area contributed by atoms with Crippen LogP contribution < -0.4 is 10.1 Å². The summed E-state index contributed by atoms with van der Waals surface area (Å²) in [4.78, 5) is 0. The average molecular weight is 251 g/mol. The van der Waals surface area contributed by atoms with Crippen molar-refractivity contribution >= 4 is 0 Å². The van der Waals surface area contributed by atoms with E-state index < -0.39 is 0 Å². The van der Waals surface area contributed by atoms with Crippen molar-refractivity contribution in [3.63, 3.8) is 0 Å². The topological polar surface area (TPSA) is 30.5 Å². The first-order valence-corrected chi connectivity index (χ1v) is 6.50. The van der Waals surface area contributed by atoms with Gasteiger partial charge in [-0.25, -0.2) is 0 Å². The first-order valence-electron chi connectivity index (χ1n) is 6.50. The van der Waals surface area contributed by atoms with E-state index in [1.54, 1.807) is 7.11 Å². The summed E-state index contributed by atoms with van der Waals surface area (Å²) in [5.74, 6) is 1.45. The number of ether oxygens (including phenoxy) is 2. The lowest BCUT2D eigenvalue weighted by molar-refractivity contribution is 0.0955. The highest BCUT2D eigenvalue weighted by Crippen LogP contribution is 2.24. The first-order chi connectivity index (χ1) is 8.58. The Kier molecular flexibility index (Phi) is 6.16. The van der Waals surface area contributed by atoms with Gasteiger partial charge in [-0.1, -0.05) is 19.9 Å². The summed E-state index contributed by atoms with van der Waals surface area (Å²) in [6.45, 7) is 7.81. The lowest BCUT2D eigenvalue weighted by atomic mass is 10.0. The summed E-state index contributed by atoms with van der Waals surface area (Å²) >= 11 is 0. The zero-order chi connectivity index (χ0) is 13.5. The van der Waals surface area contributed by atoms with Crippen molar-refractivity contribution in [2.24, 2.45) is 5.92 Å². The fourth-order valence-corrected chi connectivity index (χ4v) is 1.75. The van der Waals surface area contributed by atoms with Crippen LogP contribution in [0.15, 0.2) is 18.2 Å². The van der Waals surface area contributed by atoms with Gasteiger partial charge in [0.25, 0.3) is 0 Å². The minimum Gasteiger partial charge on any atom is -0.496 e. The summed E-state index contributed by atoms with van der Waals surface area (Å²) < 4.78 is 11.1. The van der Waals surface area contributed by atoms with E-state index in [1.165, 1.54) is 5.56 Å². The lowest BCUT2D eigenvalue weighted by Gasteiger charge is -2.15. The molecule has 0 amide bonds. The van der Waals surface area contributed by atoms with Crippen LogP contribution in [0, 0.1) is 5.92 Å². The Morgan fingerprint density at radius 2 is 1.94 bits per heavy atom. The molecule has 0 fully saturated rings. The van der Waals surface area contributed by atoms with E-state index in [0.717, 1.165) is 17.9 Å². The maximum Gasteiger partial charge on any atom is 0.124 e. The summed E-state index contributed by atoms with van der Waals surface area (Å²) in [5, 5.41) is 3.24. The highest BCUT2D eigenvalue weighted by molar-refractivity contribution is 5.38. The Labute approximate surface area is 110 Å². The number of hydrogen-bond acceptors (Lipinski definition) is 3. The standard InChI is InChI=1S/C15H25NO2/c1-11(2)9-18-10-14-8-13(12(3)16-4)6-7-15(14)17-5/h6-8,11-12,16H,9-10H2,1-5H3. The van der Waals surface area contributed by atoms with Gasteiger partial charge in [0, 0.05) is 18.2 Å². The molecule has 1 aromatic carbocycles. The Bertz CT molecular complexity index is 364. The maximum absolute atomic E-state index is 5.69. The minimum absolute atomic E-state index is 0.333. The fraction of sp³-hybridized carbons (Fsp3) is 0.600. The number of hydrogen-bond donors (Lipinski definition) is 1. The molecule has 102 valence electrons. The molecular weight excluding hydrogens is 226 g/mol. The van der Waals surface area contributed by atoms with Crippen LogP contribution in [0.4, 0.5) is 0 Å². The highest BCUT2D eigenvalue weighted by atomic mass is 16.5. The summed E-state index contributed by atoms with van der Waals surface area (Å²) in [7, 11) is 3.66. The van der Waals surface area contributed by atoms with E-state index in [0.29, 0.717) is 18.6 Å². The predicted molar refractivity (Wildman–Crippen MR) is 75.0 cm³/mol. The average Bonchev–Trinajstić information content (AvgIpc) is 2.37. The molecule has 0 radical (unpaired) electrons. The van der Waals surface area contributed by atoms with Gasteiger partial charge >= 0.3 is 0 Å². The van der Waals surface area contributed by atoms with Crippen LogP contribution in [0.1, 0.15) is 37.9 Å². The third kappa shape index (κ3) is 4.31. The van der Waals surface area contributed by atoms with E-state index in [1.807, 2.05) is 13.1 Å². The Balaban J connectivity index is 2.78. The highest BCUT2D eigenvalue weighted by Gasteiger charge is 2.08. The Morgan fingerprint density at radius 3 is 2.50 bits per heavy atom. The second kappa shape index (κ2) is 7.39. The molecule has 18 heavy (non-hydrogen) atoms. The van der Waals surface area contributed by atoms with Gasteiger partial charge in [0.05, 0.1) is 13.7 Å². The van der Waals surface area contributed by atoms with Crippen LogP contribution >= 0.6 is 0 Å². The molecule has 0 saturated heterocycles. The number of benzene rings is 1. The van der Waals surface area contributed by atoms with Crippen molar-refractivity contribution in [2.75, 3.05) is 20.8 Å². The molecule has 1 aromatic rings. The molecule has 0 aromatic heterocycles. The minimum atomic E-state index is 0.333. The van der Waals surface area contributed by atoms with Crippen molar-refractivity contribution in [1.29, 1.82) is 0 Å². The third-order valence-electron chi connectivity index (χ3n) is 2.95. The van der Waals surface area contributed by atoms with Crippen LogP contribution in [-0.4, -0.2) is 20.8 Å². The Hall–Kier alpha value is -1.06. The molecule has 0 saturated carbocycles. The molecule has 1 atom stereocenters. The van der Waals surface area contributed by atoms with Crippen molar-refractivity contribution in [2.45, 2.75) is 33.4 Å². The fourth-order valence-electron chi connectivity index (χ4n) is 1.75. The Morgan fingerprint density at radius 1 is 1.22 bits per heavy atom. The monoisotopic (exact) mass is 251 g/mol. The van der Waals surface area contributed by atoms with Gasteiger partial charge in [-0.2, -0.15) is 0 Å². The smallest absolute Gasteiger partial charge is 0.124 e. The van der Waals surface area contributed by atoms with E-state index in [4.69, 9.17) is 9.47 Å². The maximum atomic E-state index is 5.69. The molecule has 0 heterocycles. The van der Waals surface area contributed by atoms with Gasteiger partial charge in [-0.15, -0.1) is 0 Å². The molecule has 0 bridgehead atoms. The zero-order valence-electron chi connectivity index (χ0n) is 12.1. The normalized spacial score (nSPS) is 12.8. The van der Waals surface area contributed by atoms with Crippen LogP contribution in [-0.2, 0) is 11.3 Å². The molecule has 3 heteroatoms. The summed E-state index contributed by atoms with van der Waals surface area (Å²) in [5.41, 5.74) is 2.36. The van der Waals surface area contributed by atoms with E-state index >= 15 is 0 Å². The van der Waals surface area contributed by atoms with E-state index in [9.17, 15) is 0 Å². The van der Waals surface area contributed by atoms with Gasteiger partial charge in [-0.05, 0) is 37.6 Å². The van der Waals surface area contributed by atoms with Crippen LogP contribution in [0.25, 0.3) is 0 Å². The lowest BCUT2D eigenvalue weighted by Crippen LogP contribution is -2.13. The summed E-state index contributed by atoms with van der Waals surface area (Å²) in [6.07, 6.45) is 0. The number of nitrogens with one attached hydrogen (secondary N) is 1. The van der Waals surface area contributed by atoms with Gasteiger partial charge in [0.1, 0.15) is 5.75 Å². The number of methoxy groups -OCH3 is 1. The first kappa shape index (κ1) is 15.0. The van der Waals surface area contributed by atoms with Crippen LogP contribution in [0.3, 0.4) is 0 Å².